The lowest BCUT2D eigenvalue weighted by atomic mass is 9.99. The number of hydrogen-bond donors (Lipinski definition) is 1. The molecular formula is C25H22N4O. The minimum Gasteiger partial charge on any atom is -0.313 e. The van der Waals surface area contributed by atoms with Crippen molar-refractivity contribution < 1.29 is 4.79 Å². The number of fused-ring (bicyclic) bond motifs is 1. The third-order valence-electron chi connectivity index (χ3n) is 5.56. The van der Waals surface area contributed by atoms with Gasteiger partial charge in [-0.3, -0.25) is 14.5 Å². The number of pyridine rings is 1. The van der Waals surface area contributed by atoms with Gasteiger partial charge < -0.3 is 5.32 Å². The molecule has 0 saturated heterocycles. The van der Waals surface area contributed by atoms with Gasteiger partial charge in [0, 0.05) is 41.6 Å². The maximum absolute atomic E-state index is 12.5. The van der Waals surface area contributed by atoms with E-state index in [0.717, 1.165) is 52.7 Å². The molecule has 0 fully saturated rings. The van der Waals surface area contributed by atoms with E-state index in [1.54, 1.807) is 4.68 Å². The average molecular weight is 394 g/mol. The van der Waals surface area contributed by atoms with Crippen LogP contribution < -0.4 is 5.32 Å². The molecular weight excluding hydrogens is 372 g/mol. The van der Waals surface area contributed by atoms with Crippen LogP contribution in [0.2, 0.25) is 0 Å². The van der Waals surface area contributed by atoms with Crippen LogP contribution in [0, 0.1) is 0 Å². The lowest BCUT2D eigenvalue weighted by Gasteiger charge is -2.12. The van der Waals surface area contributed by atoms with E-state index in [1.165, 1.54) is 5.39 Å². The van der Waals surface area contributed by atoms with Crippen molar-refractivity contribution in [3.05, 3.63) is 85.0 Å². The molecule has 0 atom stereocenters. The molecule has 0 unspecified atom stereocenters. The van der Waals surface area contributed by atoms with Crippen LogP contribution in [0.4, 0.5) is 0 Å². The van der Waals surface area contributed by atoms with Crippen LogP contribution in [0.3, 0.4) is 0 Å². The molecule has 1 N–H and O–H groups in total. The Kier molecular flexibility index (Phi) is 4.95. The zero-order valence-electron chi connectivity index (χ0n) is 16.6. The zero-order valence-corrected chi connectivity index (χ0v) is 16.6. The number of aromatic nitrogens is 3. The summed E-state index contributed by atoms with van der Waals surface area (Å²) < 4.78 is 1.73. The highest BCUT2D eigenvalue weighted by molar-refractivity contribution is 5.96. The Bertz CT molecular complexity index is 1230. The fourth-order valence-electron chi connectivity index (χ4n) is 3.91. The van der Waals surface area contributed by atoms with E-state index in [0.29, 0.717) is 0 Å². The molecule has 1 aliphatic rings. The van der Waals surface area contributed by atoms with E-state index in [1.807, 2.05) is 36.9 Å². The highest BCUT2D eigenvalue weighted by atomic mass is 16.1. The van der Waals surface area contributed by atoms with Gasteiger partial charge in [0.1, 0.15) is 6.54 Å². The van der Waals surface area contributed by atoms with Gasteiger partial charge >= 0.3 is 0 Å². The van der Waals surface area contributed by atoms with E-state index < -0.39 is 0 Å². The predicted molar refractivity (Wildman–Crippen MR) is 119 cm³/mol. The number of Topliss-reactive ketones (excluding diaryl/α,β-unsaturated/α-hetero) is 1. The Morgan fingerprint density at radius 3 is 2.63 bits per heavy atom. The summed E-state index contributed by atoms with van der Waals surface area (Å²) in [6.45, 7) is 1.91. The summed E-state index contributed by atoms with van der Waals surface area (Å²) in [5.41, 5.74) is 5.23. The molecule has 0 bridgehead atoms. The molecule has 148 valence electrons. The van der Waals surface area contributed by atoms with Crippen molar-refractivity contribution >= 4 is 16.6 Å². The van der Waals surface area contributed by atoms with Crippen molar-refractivity contribution in [1.82, 2.24) is 20.1 Å². The molecule has 0 spiro atoms. The van der Waals surface area contributed by atoms with E-state index >= 15 is 0 Å². The van der Waals surface area contributed by atoms with Crippen LogP contribution in [0.1, 0.15) is 6.42 Å². The number of ketones is 1. The molecule has 5 rings (SSSR count). The van der Waals surface area contributed by atoms with Crippen molar-refractivity contribution in [3.8, 4) is 22.3 Å². The first kappa shape index (κ1) is 18.5. The van der Waals surface area contributed by atoms with Crippen LogP contribution in [0.15, 0.2) is 85.0 Å². The van der Waals surface area contributed by atoms with Gasteiger partial charge in [-0.05, 0) is 35.1 Å². The molecule has 0 radical (unpaired) electrons. The average Bonchev–Trinajstić information content (AvgIpc) is 3.28. The second kappa shape index (κ2) is 8.05. The lowest BCUT2D eigenvalue weighted by Crippen LogP contribution is -2.25. The number of rotatable bonds is 5. The van der Waals surface area contributed by atoms with Crippen molar-refractivity contribution in [1.29, 1.82) is 0 Å². The largest absolute Gasteiger partial charge is 0.313 e. The number of benzene rings is 2. The highest BCUT2D eigenvalue weighted by Gasteiger charge is 2.13. The van der Waals surface area contributed by atoms with E-state index in [4.69, 9.17) is 0 Å². The third kappa shape index (κ3) is 3.67. The normalized spacial score (nSPS) is 13.9. The standard InChI is InChI=1S/C25H22N4O/c30-25(20-9-11-26-12-10-20)17-29-16-22(14-28-29)18-5-7-19(8-6-18)24-15-27-13-21-3-1-2-4-23(21)24/h1-9,13-16,26H,10-12,17H2. The van der Waals surface area contributed by atoms with Gasteiger partial charge in [0.15, 0.2) is 5.78 Å². The van der Waals surface area contributed by atoms with Gasteiger partial charge in [-0.1, -0.05) is 54.6 Å². The van der Waals surface area contributed by atoms with Crippen molar-refractivity contribution in [2.24, 2.45) is 0 Å². The first-order valence-corrected chi connectivity index (χ1v) is 10.2. The summed E-state index contributed by atoms with van der Waals surface area (Å²) in [5, 5.41) is 9.95. The van der Waals surface area contributed by atoms with Crippen molar-refractivity contribution in [2.75, 3.05) is 13.1 Å². The summed E-state index contributed by atoms with van der Waals surface area (Å²) in [6, 6.07) is 16.7. The summed E-state index contributed by atoms with van der Waals surface area (Å²) in [4.78, 5) is 16.8. The number of carbonyl (C=O) groups excluding carboxylic acids is 1. The Balaban J connectivity index is 1.36. The highest BCUT2D eigenvalue weighted by Crippen LogP contribution is 2.29. The smallest absolute Gasteiger partial charge is 0.180 e. The topological polar surface area (TPSA) is 59.8 Å². The SMILES string of the molecule is O=C(Cn1cc(-c2ccc(-c3cncc4ccccc34)cc2)cn1)C1=CCNCC1. The number of nitrogens with zero attached hydrogens (tertiary/aromatic N) is 3. The molecule has 5 nitrogen and oxygen atoms in total. The van der Waals surface area contributed by atoms with Gasteiger partial charge in [0.2, 0.25) is 0 Å². The Hall–Kier alpha value is -3.57. The Morgan fingerprint density at radius 1 is 0.967 bits per heavy atom. The maximum Gasteiger partial charge on any atom is 0.180 e. The summed E-state index contributed by atoms with van der Waals surface area (Å²) in [6.07, 6.45) is 10.3. The third-order valence-corrected chi connectivity index (χ3v) is 5.56. The molecule has 4 aromatic rings. The summed E-state index contributed by atoms with van der Waals surface area (Å²) in [7, 11) is 0. The van der Waals surface area contributed by atoms with Gasteiger partial charge in [-0.2, -0.15) is 5.10 Å². The molecule has 30 heavy (non-hydrogen) atoms. The molecule has 0 aliphatic carbocycles. The van der Waals surface area contributed by atoms with Gasteiger partial charge in [-0.15, -0.1) is 0 Å². The van der Waals surface area contributed by atoms with Crippen LogP contribution in [0.25, 0.3) is 33.0 Å². The van der Waals surface area contributed by atoms with Crippen LogP contribution in [-0.4, -0.2) is 33.6 Å². The molecule has 1 aliphatic heterocycles. The number of carbonyl (C=O) groups is 1. The molecule has 5 heteroatoms. The zero-order chi connectivity index (χ0) is 20.3. The minimum absolute atomic E-state index is 0.143. The summed E-state index contributed by atoms with van der Waals surface area (Å²) in [5.74, 6) is 0.143. The first-order valence-electron chi connectivity index (χ1n) is 10.2. The lowest BCUT2D eigenvalue weighted by molar-refractivity contribution is -0.116. The molecule has 2 aromatic heterocycles. The second-order valence-electron chi connectivity index (χ2n) is 7.52. The molecule has 0 amide bonds. The summed E-state index contributed by atoms with van der Waals surface area (Å²) >= 11 is 0. The fraction of sp³-hybridized carbons (Fsp3) is 0.160. The van der Waals surface area contributed by atoms with Gasteiger partial charge in [0.25, 0.3) is 0 Å². The monoisotopic (exact) mass is 394 g/mol. The Morgan fingerprint density at radius 2 is 1.80 bits per heavy atom. The van der Waals surface area contributed by atoms with Crippen molar-refractivity contribution in [3.63, 3.8) is 0 Å². The number of hydrogen-bond acceptors (Lipinski definition) is 4. The van der Waals surface area contributed by atoms with E-state index in [9.17, 15) is 4.79 Å². The first-order chi connectivity index (χ1) is 14.8. The quantitative estimate of drug-likeness (QED) is 0.550. The second-order valence-corrected chi connectivity index (χ2v) is 7.52. The molecule has 3 heterocycles. The predicted octanol–water partition coefficient (Wildman–Crippen LogP) is 4.25. The maximum atomic E-state index is 12.5. The molecule has 2 aromatic carbocycles. The molecule has 0 saturated carbocycles. The van der Waals surface area contributed by atoms with Crippen LogP contribution in [-0.2, 0) is 11.3 Å². The fourth-order valence-corrected chi connectivity index (χ4v) is 3.91. The van der Waals surface area contributed by atoms with Crippen LogP contribution >= 0.6 is 0 Å². The number of nitrogens with one attached hydrogen (secondary N) is 1. The minimum atomic E-state index is 0.143. The van der Waals surface area contributed by atoms with Gasteiger partial charge in [0.05, 0.1) is 6.20 Å². The van der Waals surface area contributed by atoms with E-state index in [-0.39, 0.29) is 12.3 Å². The Labute approximate surface area is 175 Å². The van der Waals surface area contributed by atoms with E-state index in [2.05, 4.69) is 57.9 Å². The van der Waals surface area contributed by atoms with Crippen molar-refractivity contribution in [2.45, 2.75) is 13.0 Å². The van der Waals surface area contributed by atoms with Crippen LogP contribution in [0.5, 0.6) is 0 Å². The van der Waals surface area contributed by atoms with Gasteiger partial charge in [-0.25, -0.2) is 0 Å².